The van der Waals surface area contributed by atoms with Crippen molar-refractivity contribution in [3.63, 3.8) is 0 Å². The molecule has 4 rings (SSSR count). The fraction of sp³-hybridized carbons (Fsp3) is 0.462. The Labute approximate surface area is 221 Å². The molecule has 3 heterocycles. The van der Waals surface area contributed by atoms with E-state index in [2.05, 4.69) is 30.5 Å². The SMILES string of the molecule is COCCNC(=O)C1COC(Cc2nc(-c3ccc(F)cc3)c(-c3ccnc(NCCN(C)C)n3)[nH]2)OC1. The Morgan fingerprint density at radius 2 is 1.92 bits per heavy atom. The maximum Gasteiger partial charge on any atom is 0.227 e. The van der Waals surface area contributed by atoms with Crippen molar-refractivity contribution in [3.05, 3.63) is 48.2 Å². The summed E-state index contributed by atoms with van der Waals surface area (Å²) in [7, 11) is 5.58. The number of likely N-dealkylation sites (N-methyl/N-ethyl adjacent to an activating group) is 1. The summed E-state index contributed by atoms with van der Waals surface area (Å²) in [5, 5.41) is 6.03. The molecule has 0 unspecified atom stereocenters. The molecule has 1 aliphatic rings. The van der Waals surface area contributed by atoms with Crippen LogP contribution < -0.4 is 10.6 Å². The van der Waals surface area contributed by atoms with Crippen molar-refractivity contribution in [3.8, 4) is 22.6 Å². The fourth-order valence-corrected chi connectivity index (χ4v) is 3.89. The Kier molecular flexibility index (Phi) is 9.71. The summed E-state index contributed by atoms with van der Waals surface area (Å²) in [6.07, 6.45) is 1.46. The molecule has 0 aliphatic carbocycles. The number of imidazole rings is 1. The number of H-pyrrole nitrogens is 1. The first-order chi connectivity index (χ1) is 18.4. The lowest BCUT2D eigenvalue weighted by Crippen LogP contribution is -2.43. The van der Waals surface area contributed by atoms with E-state index in [1.807, 2.05) is 14.1 Å². The second-order valence-electron chi connectivity index (χ2n) is 9.19. The molecule has 0 radical (unpaired) electrons. The smallest absolute Gasteiger partial charge is 0.227 e. The molecule has 11 nitrogen and oxygen atoms in total. The third-order valence-corrected chi connectivity index (χ3v) is 5.93. The number of carbonyl (C=O) groups is 1. The van der Waals surface area contributed by atoms with Gasteiger partial charge in [-0.05, 0) is 44.4 Å². The summed E-state index contributed by atoms with van der Waals surface area (Å²) in [5.41, 5.74) is 2.69. The molecule has 1 fully saturated rings. The van der Waals surface area contributed by atoms with Crippen molar-refractivity contribution in [2.24, 2.45) is 5.92 Å². The highest BCUT2D eigenvalue weighted by Gasteiger charge is 2.28. The molecular weight excluding hydrogens is 493 g/mol. The summed E-state index contributed by atoms with van der Waals surface area (Å²) in [4.78, 5) is 31.4. The summed E-state index contributed by atoms with van der Waals surface area (Å²) >= 11 is 0. The van der Waals surface area contributed by atoms with Gasteiger partial charge in [-0.3, -0.25) is 4.79 Å². The van der Waals surface area contributed by atoms with Crippen molar-refractivity contribution in [2.75, 3.05) is 66.0 Å². The van der Waals surface area contributed by atoms with Crippen LogP contribution in [0.3, 0.4) is 0 Å². The van der Waals surface area contributed by atoms with Crippen LogP contribution in [0.15, 0.2) is 36.5 Å². The van der Waals surface area contributed by atoms with Gasteiger partial charge in [-0.25, -0.2) is 19.3 Å². The molecule has 0 saturated carbocycles. The minimum absolute atomic E-state index is 0.127. The number of hydrogen-bond acceptors (Lipinski definition) is 9. The highest BCUT2D eigenvalue weighted by Crippen LogP contribution is 2.30. The van der Waals surface area contributed by atoms with Crippen LogP contribution in [-0.4, -0.2) is 97.7 Å². The number of benzene rings is 1. The second-order valence-corrected chi connectivity index (χ2v) is 9.19. The van der Waals surface area contributed by atoms with Crippen LogP contribution in [0.2, 0.25) is 0 Å². The van der Waals surface area contributed by atoms with E-state index < -0.39 is 6.29 Å². The second kappa shape index (κ2) is 13.4. The first-order valence-electron chi connectivity index (χ1n) is 12.5. The zero-order valence-corrected chi connectivity index (χ0v) is 21.9. The first-order valence-corrected chi connectivity index (χ1v) is 12.5. The van der Waals surface area contributed by atoms with Gasteiger partial charge in [0.25, 0.3) is 0 Å². The molecule has 1 amide bonds. The van der Waals surface area contributed by atoms with E-state index in [0.717, 1.165) is 12.1 Å². The largest absolute Gasteiger partial charge is 0.383 e. The third-order valence-electron chi connectivity index (χ3n) is 5.93. The molecule has 1 saturated heterocycles. The number of hydrogen-bond donors (Lipinski definition) is 3. The van der Waals surface area contributed by atoms with Crippen LogP contribution in [-0.2, 0) is 25.4 Å². The van der Waals surface area contributed by atoms with E-state index in [0.29, 0.717) is 55.0 Å². The minimum atomic E-state index is -0.563. The van der Waals surface area contributed by atoms with Crippen LogP contribution in [0.25, 0.3) is 22.6 Å². The maximum atomic E-state index is 13.6. The maximum absolute atomic E-state index is 13.6. The number of rotatable bonds is 12. The Bertz CT molecular complexity index is 1180. The van der Waals surface area contributed by atoms with Crippen molar-refractivity contribution < 1.29 is 23.4 Å². The number of carbonyl (C=O) groups excluding carboxylic acids is 1. The number of methoxy groups -OCH3 is 1. The lowest BCUT2D eigenvalue weighted by Gasteiger charge is -2.28. The van der Waals surface area contributed by atoms with Crippen LogP contribution in [0.5, 0.6) is 0 Å². The molecule has 38 heavy (non-hydrogen) atoms. The van der Waals surface area contributed by atoms with Gasteiger partial charge in [0.15, 0.2) is 6.29 Å². The average molecular weight is 528 g/mol. The Hall–Kier alpha value is -3.45. The van der Waals surface area contributed by atoms with Crippen molar-refractivity contribution in [2.45, 2.75) is 12.7 Å². The molecule has 0 atom stereocenters. The van der Waals surface area contributed by atoms with Gasteiger partial charge >= 0.3 is 0 Å². The van der Waals surface area contributed by atoms with E-state index in [4.69, 9.17) is 19.2 Å². The van der Waals surface area contributed by atoms with E-state index in [9.17, 15) is 9.18 Å². The van der Waals surface area contributed by atoms with E-state index in [-0.39, 0.29) is 30.9 Å². The number of amides is 1. The molecule has 204 valence electrons. The third kappa shape index (κ3) is 7.54. The summed E-state index contributed by atoms with van der Waals surface area (Å²) in [6.45, 7) is 2.90. The lowest BCUT2D eigenvalue weighted by molar-refractivity contribution is -0.200. The first kappa shape index (κ1) is 27.6. The van der Waals surface area contributed by atoms with Gasteiger partial charge in [0.1, 0.15) is 11.6 Å². The number of anilines is 1. The minimum Gasteiger partial charge on any atom is -0.383 e. The van der Waals surface area contributed by atoms with Crippen molar-refractivity contribution in [1.29, 1.82) is 0 Å². The van der Waals surface area contributed by atoms with Crippen LogP contribution in [0, 0.1) is 11.7 Å². The van der Waals surface area contributed by atoms with Gasteiger partial charge in [-0.15, -0.1) is 0 Å². The predicted molar refractivity (Wildman–Crippen MR) is 140 cm³/mol. The lowest BCUT2D eigenvalue weighted by atomic mass is 10.1. The number of ether oxygens (including phenoxy) is 3. The average Bonchev–Trinajstić information content (AvgIpc) is 3.33. The highest BCUT2D eigenvalue weighted by atomic mass is 19.1. The molecule has 2 aromatic heterocycles. The number of nitrogens with zero attached hydrogens (tertiary/aromatic N) is 4. The van der Waals surface area contributed by atoms with Crippen molar-refractivity contribution >= 4 is 11.9 Å². The molecule has 3 N–H and O–H groups in total. The Morgan fingerprint density at radius 3 is 2.63 bits per heavy atom. The van der Waals surface area contributed by atoms with Gasteiger partial charge in [-0.2, -0.15) is 0 Å². The zero-order valence-electron chi connectivity index (χ0n) is 21.9. The number of aromatic nitrogens is 4. The molecule has 12 heteroatoms. The van der Waals surface area contributed by atoms with E-state index in [1.54, 1.807) is 31.5 Å². The summed E-state index contributed by atoms with van der Waals surface area (Å²) < 4.78 is 30.2. The topological polar surface area (TPSA) is 127 Å². The molecule has 3 aromatic rings. The molecular formula is C26H34FN7O4. The number of nitrogens with one attached hydrogen (secondary N) is 3. The van der Waals surface area contributed by atoms with Gasteiger partial charge < -0.3 is 34.7 Å². The fourth-order valence-electron chi connectivity index (χ4n) is 3.89. The van der Waals surface area contributed by atoms with Crippen LogP contribution in [0.1, 0.15) is 5.82 Å². The number of halogens is 1. The number of aromatic amines is 1. The molecule has 1 aliphatic heterocycles. The zero-order chi connectivity index (χ0) is 26.9. The quantitative estimate of drug-likeness (QED) is 0.303. The monoisotopic (exact) mass is 527 g/mol. The van der Waals surface area contributed by atoms with Crippen LogP contribution >= 0.6 is 0 Å². The normalized spacial score (nSPS) is 17.5. The van der Waals surface area contributed by atoms with Gasteiger partial charge in [0.05, 0.1) is 49.2 Å². The van der Waals surface area contributed by atoms with Gasteiger partial charge in [0, 0.05) is 38.5 Å². The highest BCUT2D eigenvalue weighted by molar-refractivity contribution is 5.79. The molecule has 1 aromatic carbocycles. The van der Waals surface area contributed by atoms with Crippen LogP contribution in [0.4, 0.5) is 10.3 Å². The Balaban J connectivity index is 1.49. The summed E-state index contributed by atoms with van der Waals surface area (Å²) in [5.74, 6) is 0.278. The Morgan fingerprint density at radius 1 is 1.16 bits per heavy atom. The predicted octanol–water partition coefficient (Wildman–Crippen LogP) is 1.94. The van der Waals surface area contributed by atoms with Gasteiger partial charge in [-0.1, -0.05) is 0 Å². The standard InChI is InChI=1S/C26H34FN7O4/c1-34(2)12-10-30-26-29-9-8-20(31-26)24-23(17-4-6-19(27)7-5-17)32-21(33-24)14-22-37-15-18(16-38-22)25(35)28-11-13-36-3/h4-9,18,22H,10-16H2,1-3H3,(H,28,35)(H,32,33)(H,29,30,31). The summed E-state index contributed by atoms with van der Waals surface area (Å²) in [6, 6.07) is 7.94. The van der Waals surface area contributed by atoms with E-state index >= 15 is 0 Å². The van der Waals surface area contributed by atoms with Crippen molar-refractivity contribution in [1.82, 2.24) is 30.2 Å². The molecule has 0 spiro atoms. The molecule has 0 bridgehead atoms. The van der Waals surface area contributed by atoms with E-state index in [1.165, 1.54) is 12.1 Å². The van der Waals surface area contributed by atoms with Gasteiger partial charge in [0.2, 0.25) is 11.9 Å².